The average molecular weight is 277 g/mol. The van der Waals surface area contributed by atoms with E-state index in [4.69, 9.17) is 10.2 Å². The van der Waals surface area contributed by atoms with Crippen molar-refractivity contribution in [3.63, 3.8) is 0 Å². The van der Waals surface area contributed by atoms with E-state index in [9.17, 15) is 14.9 Å². The van der Waals surface area contributed by atoms with Crippen LogP contribution in [0.3, 0.4) is 0 Å². The number of carboxylic acids is 1. The number of nitro groups is 1. The number of aliphatic carboxylic acids is 1. The van der Waals surface area contributed by atoms with Crippen LogP contribution in [0.25, 0.3) is 0 Å². The van der Waals surface area contributed by atoms with Gasteiger partial charge in [-0.05, 0) is 9.91 Å². The molecule has 0 bridgehead atoms. The third-order valence-electron chi connectivity index (χ3n) is 1.54. The number of hydrogen-bond acceptors (Lipinski definition) is 5. The summed E-state index contributed by atoms with van der Waals surface area (Å²) in [5, 5.41) is 28.0. The summed E-state index contributed by atoms with van der Waals surface area (Å²) < 4.78 is 0.0898. The average Bonchev–Trinajstić information content (AvgIpc) is 2.15. The molecule has 80 valence electrons. The molecule has 1 unspecified atom stereocenters. The molecule has 1 rings (SSSR count). The van der Waals surface area contributed by atoms with Gasteiger partial charge in [-0.2, -0.15) is 0 Å². The fourth-order valence-electron chi connectivity index (χ4n) is 0.896. The molecule has 1 aromatic heterocycles. The maximum atomic E-state index is 10.4. The Hall–Kier alpha value is -1.54. The number of rotatable bonds is 3. The van der Waals surface area contributed by atoms with E-state index < -0.39 is 22.8 Å². The van der Waals surface area contributed by atoms with Crippen LogP contribution in [0.4, 0.5) is 5.82 Å². The molecule has 0 fully saturated rings. The van der Waals surface area contributed by atoms with Crippen molar-refractivity contribution >= 4 is 27.7 Å². The summed E-state index contributed by atoms with van der Waals surface area (Å²) in [6.45, 7) is 0. The lowest BCUT2D eigenvalue weighted by Gasteiger charge is -2.04. The summed E-state index contributed by atoms with van der Waals surface area (Å²) >= 11 is 2.88. The lowest BCUT2D eigenvalue weighted by molar-refractivity contribution is -0.389. The maximum Gasteiger partial charge on any atom is 0.365 e. The Morgan fingerprint density at radius 1 is 1.60 bits per heavy atom. The smallest absolute Gasteiger partial charge is 0.365 e. The minimum absolute atomic E-state index is 0.0898. The second kappa shape index (κ2) is 4.32. The predicted octanol–water partition coefficient (Wildman–Crippen LogP) is 0.870. The number of carbonyl (C=O) groups is 1. The third-order valence-corrected chi connectivity index (χ3v) is 1.95. The zero-order valence-electron chi connectivity index (χ0n) is 7.12. The molecule has 0 amide bonds. The minimum atomic E-state index is -1.80. The molecule has 15 heavy (non-hydrogen) atoms. The van der Waals surface area contributed by atoms with Crippen molar-refractivity contribution in [2.24, 2.45) is 0 Å². The Kier molecular flexibility index (Phi) is 3.32. The second-order valence-electron chi connectivity index (χ2n) is 2.58. The molecule has 1 atom stereocenters. The Morgan fingerprint density at radius 2 is 2.20 bits per heavy atom. The van der Waals surface area contributed by atoms with Crippen molar-refractivity contribution in [1.29, 1.82) is 0 Å². The number of pyridine rings is 1. The first-order valence-corrected chi connectivity index (χ1v) is 4.44. The Bertz CT molecular complexity index is 422. The fourth-order valence-corrected chi connectivity index (χ4v) is 1.34. The molecule has 0 aliphatic carbocycles. The predicted molar refractivity (Wildman–Crippen MR) is 51.2 cm³/mol. The number of halogens is 1. The van der Waals surface area contributed by atoms with Gasteiger partial charge in [0.25, 0.3) is 0 Å². The van der Waals surface area contributed by atoms with Crippen LogP contribution in [0.1, 0.15) is 11.7 Å². The van der Waals surface area contributed by atoms with Gasteiger partial charge in [0.2, 0.25) is 4.60 Å². The molecule has 0 radical (unpaired) electrons. The Labute approximate surface area is 91.7 Å². The van der Waals surface area contributed by atoms with Crippen LogP contribution < -0.4 is 0 Å². The van der Waals surface area contributed by atoms with Crippen molar-refractivity contribution in [2.75, 3.05) is 0 Å². The lowest BCUT2D eigenvalue weighted by Crippen LogP contribution is -2.11. The number of aromatic nitrogens is 1. The van der Waals surface area contributed by atoms with E-state index in [0.29, 0.717) is 0 Å². The standard InChI is InChI=1S/C7H5BrN2O5/c8-4-1-3(6(11)7(12)13)2-5(9-4)10(14)15/h1-2,6,11H,(H,12,13). The number of carboxylic acid groups (broad SMARTS) is 1. The number of nitrogens with zero attached hydrogens (tertiary/aromatic N) is 2. The molecule has 0 aliphatic heterocycles. The summed E-state index contributed by atoms with van der Waals surface area (Å²) in [5.74, 6) is -2.01. The van der Waals surface area contributed by atoms with Gasteiger partial charge in [0.1, 0.15) is 0 Å². The van der Waals surface area contributed by atoms with E-state index in [-0.39, 0.29) is 10.2 Å². The zero-order chi connectivity index (χ0) is 11.6. The highest BCUT2D eigenvalue weighted by Gasteiger charge is 2.21. The van der Waals surface area contributed by atoms with Crippen molar-refractivity contribution in [2.45, 2.75) is 6.10 Å². The first kappa shape index (κ1) is 11.5. The van der Waals surface area contributed by atoms with Crippen LogP contribution >= 0.6 is 15.9 Å². The SMILES string of the molecule is O=C(O)C(O)c1cc(Br)nc([N+](=O)[O-])c1. The molecule has 0 saturated heterocycles. The summed E-state index contributed by atoms with van der Waals surface area (Å²) in [7, 11) is 0. The lowest BCUT2D eigenvalue weighted by atomic mass is 10.1. The van der Waals surface area contributed by atoms with Gasteiger partial charge in [0.15, 0.2) is 6.10 Å². The van der Waals surface area contributed by atoms with Crippen molar-refractivity contribution in [3.05, 3.63) is 32.4 Å². The molecule has 0 spiro atoms. The molecule has 0 aliphatic rings. The zero-order valence-corrected chi connectivity index (χ0v) is 8.71. The van der Waals surface area contributed by atoms with Gasteiger partial charge in [0.05, 0.1) is 0 Å². The highest BCUT2D eigenvalue weighted by Crippen LogP contribution is 2.21. The molecule has 1 aromatic rings. The topological polar surface area (TPSA) is 114 Å². The molecule has 0 aromatic carbocycles. The van der Waals surface area contributed by atoms with E-state index in [1.54, 1.807) is 0 Å². The van der Waals surface area contributed by atoms with E-state index in [2.05, 4.69) is 20.9 Å². The van der Waals surface area contributed by atoms with Gasteiger partial charge in [-0.3, -0.25) is 0 Å². The quantitative estimate of drug-likeness (QED) is 0.481. The van der Waals surface area contributed by atoms with Gasteiger partial charge in [-0.1, -0.05) is 0 Å². The van der Waals surface area contributed by atoms with Crippen LogP contribution in [-0.2, 0) is 4.79 Å². The van der Waals surface area contributed by atoms with Crippen LogP contribution in [0.2, 0.25) is 0 Å². The van der Waals surface area contributed by atoms with Gasteiger partial charge in [0, 0.05) is 33.6 Å². The molecule has 7 nitrogen and oxygen atoms in total. The summed E-state index contributed by atoms with van der Waals surface area (Å²) in [6.07, 6.45) is -1.80. The Morgan fingerprint density at radius 3 is 2.67 bits per heavy atom. The van der Waals surface area contributed by atoms with Crippen molar-refractivity contribution in [1.82, 2.24) is 4.98 Å². The largest absolute Gasteiger partial charge is 0.479 e. The number of aliphatic hydroxyl groups excluding tert-OH is 1. The first-order chi connectivity index (χ1) is 6.91. The van der Waals surface area contributed by atoms with Crippen molar-refractivity contribution in [3.8, 4) is 0 Å². The second-order valence-corrected chi connectivity index (χ2v) is 3.39. The summed E-state index contributed by atoms with van der Waals surface area (Å²) in [6, 6.07) is 2.11. The number of aliphatic hydroxyl groups is 1. The van der Waals surface area contributed by atoms with Gasteiger partial charge >= 0.3 is 11.8 Å². The normalized spacial score (nSPS) is 12.1. The molecule has 1 heterocycles. The highest BCUT2D eigenvalue weighted by molar-refractivity contribution is 9.10. The van der Waals surface area contributed by atoms with Gasteiger partial charge in [-0.25, -0.2) is 4.79 Å². The molecule has 2 N–H and O–H groups in total. The fraction of sp³-hybridized carbons (Fsp3) is 0.143. The van der Waals surface area contributed by atoms with Gasteiger partial charge in [-0.15, -0.1) is 0 Å². The first-order valence-electron chi connectivity index (χ1n) is 3.64. The van der Waals surface area contributed by atoms with Crippen LogP contribution in [0, 0.1) is 10.1 Å². The third kappa shape index (κ3) is 2.70. The van der Waals surface area contributed by atoms with Crippen LogP contribution in [0.5, 0.6) is 0 Å². The van der Waals surface area contributed by atoms with E-state index in [0.717, 1.165) is 6.07 Å². The minimum Gasteiger partial charge on any atom is -0.479 e. The van der Waals surface area contributed by atoms with Crippen LogP contribution in [-0.4, -0.2) is 26.1 Å². The summed E-state index contributed by atoms with van der Waals surface area (Å²) in [5.41, 5.74) is -0.101. The monoisotopic (exact) mass is 276 g/mol. The van der Waals surface area contributed by atoms with Gasteiger partial charge < -0.3 is 20.3 Å². The van der Waals surface area contributed by atoms with Crippen molar-refractivity contribution < 1.29 is 19.9 Å². The van der Waals surface area contributed by atoms with Crippen LogP contribution in [0.15, 0.2) is 16.7 Å². The highest BCUT2D eigenvalue weighted by atomic mass is 79.9. The van der Waals surface area contributed by atoms with E-state index in [1.807, 2.05) is 0 Å². The maximum absolute atomic E-state index is 10.4. The molecular formula is C7H5BrN2O5. The summed E-state index contributed by atoms with van der Waals surface area (Å²) in [4.78, 5) is 23.5. The molecule has 0 saturated carbocycles. The van der Waals surface area contributed by atoms with E-state index in [1.165, 1.54) is 6.07 Å². The molecular weight excluding hydrogens is 272 g/mol. The number of hydrogen-bond donors (Lipinski definition) is 2. The van der Waals surface area contributed by atoms with E-state index >= 15 is 0 Å². The Balaban J connectivity index is 3.20. The molecule has 8 heteroatoms.